The quantitative estimate of drug-likeness (QED) is 0.743. The van der Waals surface area contributed by atoms with E-state index >= 15 is 0 Å². The second kappa shape index (κ2) is 9.39. The van der Waals surface area contributed by atoms with Crippen molar-refractivity contribution in [1.29, 1.82) is 0 Å². The minimum Gasteiger partial charge on any atom is -0.455 e. The molecule has 0 heterocycles. The third kappa shape index (κ3) is 6.36. The molecule has 7 heteroatoms. The molecule has 1 N–H and O–H groups in total. The summed E-state index contributed by atoms with van der Waals surface area (Å²) in [5.41, 5.74) is 1.08. The summed E-state index contributed by atoms with van der Waals surface area (Å²) in [7, 11) is 0. The fraction of sp³-hybridized carbons (Fsp3) is 0.222. The van der Waals surface area contributed by atoms with Crippen molar-refractivity contribution in [3.8, 4) is 0 Å². The lowest BCUT2D eigenvalue weighted by Gasteiger charge is -2.08. The van der Waals surface area contributed by atoms with Crippen molar-refractivity contribution < 1.29 is 18.7 Å². The van der Waals surface area contributed by atoms with Gasteiger partial charge in [0, 0.05) is 16.6 Å². The summed E-state index contributed by atoms with van der Waals surface area (Å²) in [6, 6.07) is 11.1. The first kappa shape index (κ1) is 19.2. The van der Waals surface area contributed by atoms with E-state index in [1.54, 1.807) is 30.3 Å². The van der Waals surface area contributed by atoms with Gasteiger partial charge in [-0.25, -0.2) is 4.39 Å². The molecule has 0 aliphatic heterocycles. The van der Waals surface area contributed by atoms with Crippen molar-refractivity contribution in [2.24, 2.45) is 0 Å². The van der Waals surface area contributed by atoms with Gasteiger partial charge in [0.25, 0.3) is 5.91 Å². The third-order valence-corrected chi connectivity index (χ3v) is 3.98. The highest BCUT2D eigenvalue weighted by Gasteiger charge is 2.11. The van der Waals surface area contributed by atoms with Gasteiger partial charge >= 0.3 is 5.97 Å². The number of hydrogen-bond acceptors (Lipinski definition) is 3. The van der Waals surface area contributed by atoms with E-state index in [2.05, 4.69) is 5.32 Å². The van der Waals surface area contributed by atoms with Crippen LogP contribution in [0.2, 0.25) is 10.0 Å². The van der Waals surface area contributed by atoms with Crippen LogP contribution in [0.1, 0.15) is 11.1 Å². The number of carbonyl (C=O) groups is 2. The fourth-order valence-corrected chi connectivity index (χ4v) is 2.58. The van der Waals surface area contributed by atoms with Crippen molar-refractivity contribution in [1.82, 2.24) is 5.32 Å². The van der Waals surface area contributed by atoms with Gasteiger partial charge in [0.05, 0.1) is 6.42 Å². The average molecular weight is 384 g/mol. The van der Waals surface area contributed by atoms with E-state index in [1.807, 2.05) is 0 Å². The molecular formula is C18H16Cl2FNO3. The second-order valence-corrected chi connectivity index (χ2v) is 6.11. The molecule has 0 spiro atoms. The molecular weight excluding hydrogens is 368 g/mol. The predicted octanol–water partition coefficient (Wildman–Crippen LogP) is 3.58. The molecule has 0 saturated carbocycles. The smallest absolute Gasteiger partial charge is 0.310 e. The van der Waals surface area contributed by atoms with Crippen molar-refractivity contribution >= 4 is 35.1 Å². The van der Waals surface area contributed by atoms with Crippen LogP contribution in [0.3, 0.4) is 0 Å². The van der Waals surface area contributed by atoms with Crippen LogP contribution in [0.4, 0.5) is 4.39 Å². The SMILES string of the molecule is O=C(COC(=O)Cc1ccc(Cl)cc1Cl)NCCc1ccccc1F. The van der Waals surface area contributed by atoms with E-state index in [0.717, 1.165) is 0 Å². The molecule has 2 aromatic carbocycles. The lowest BCUT2D eigenvalue weighted by Crippen LogP contribution is -2.30. The molecule has 1 amide bonds. The molecule has 0 aliphatic carbocycles. The normalized spacial score (nSPS) is 10.4. The highest BCUT2D eigenvalue weighted by Crippen LogP contribution is 2.21. The maximum absolute atomic E-state index is 13.4. The number of carbonyl (C=O) groups excluding carboxylic acids is 2. The van der Waals surface area contributed by atoms with Crippen LogP contribution < -0.4 is 5.32 Å². The van der Waals surface area contributed by atoms with Crippen molar-refractivity contribution in [3.05, 3.63) is 69.5 Å². The molecule has 0 aromatic heterocycles. The number of benzene rings is 2. The zero-order valence-corrected chi connectivity index (χ0v) is 14.7. The molecule has 0 fully saturated rings. The average Bonchev–Trinajstić information content (AvgIpc) is 2.57. The van der Waals surface area contributed by atoms with Gasteiger partial charge in [-0.05, 0) is 35.7 Å². The number of halogens is 3. The number of nitrogens with one attached hydrogen (secondary N) is 1. The van der Waals surface area contributed by atoms with E-state index in [-0.39, 0.29) is 18.8 Å². The van der Waals surface area contributed by atoms with E-state index in [0.29, 0.717) is 27.6 Å². The predicted molar refractivity (Wildman–Crippen MR) is 94.2 cm³/mol. The van der Waals surface area contributed by atoms with E-state index in [9.17, 15) is 14.0 Å². The topological polar surface area (TPSA) is 55.4 Å². The zero-order valence-electron chi connectivity index (χ0n) is 13.2. The Balaban J connectivity index is 1.70. The number of ether oxygens (including phenoxy) is 1. The zero-order chi connectivity index (χ0) is 18.2. The largest absolute Gasteiger partial charge is 0.455 e. The molecule has 0 aliphatic rings. The van der Waals surface area contributed by atoms with Gasteiger partial charge in [-0.1, -0.05) is 47.5 Å². The van der Waals surface area contributed by atoms with Gasteiger partial charge in [-0.15, -0.1) is 0 Å². The molecule has 25 heavy (non-hydrogen) atoms. The highest BCUT2D eigenvalue weighted by molar-refractivity contribution is 6.35. The van der Waals surface area contributed by atoms with Crippen LogP contribution in [-0.4, -0.2) is 25.0 Å². The summed E-state index contributed by atoms with van der Waals surface area (Å²) in [6.45, 7) is -0.151. The Kier molecular flexibility index (Phi) is 7.22. The first-order chi connectivity index (χ1) is 12.0. The molecule has 0 saturated heterocycles. The summed E-state index contributed by atoms with van der Waals surface area (Å²) in [5.74, 6) is -1.34. The molecule has 132 valence electrons. The van der Waals surface area contributed by atoms with E-state index in [1.165, 1.54) is 12.1 Å². The van der Waals surface area contributed by atoms with Crippen LogP contribution in [0.5, 0.6) is 0 Å². The van der Waals surface area contributed by atoms with Crippen LogP contribution in [-0.2, 0) is 27.2 Å². The van der Waals surface area contributed by atoms with E-state index in [4.69, 9.17) is 27.9 Å². The van der Waals surface area contributed by atoms with Gasteiger partial charge in [0.2, 0.25) is 0 Å². The minimum absolute atomic E-state index is 0.0570. The first-order valence-electron chi connectivity index (χ1n) is 7.55. The number of rotatable bonds is 7. The molecule has 0 bridgehead atoms. The highest BCUT2D eigenvalue weighted by atomic mass is 35.5. The van der Waals surface area contributed by atoms with Crippen molar-refractivity contribution in [3.63, 3.8) is 0 Å². The van der Waals surface area contributed by atoms with Crippen molar-refractivity contribution in [2.45, 2.75) is 12.8 Å². The van der Waals surface area contributed by atoms with Crippen LogP contribution in [0.15, 0.2) is 42.5 Å². The van der Waals surface area contributed by atoms with Gasteiger partial charge in [-0.2, -0.15) is 0 Å². The summed E-state index contributed by atoms with van der Waals surface area (Å²) >= 11 is 11.8. The van der Waals surface area contributed by atoms with Gasteiger partial charge < -0.3 is 10.1 Å². The fourth-order valence-electron chi connectivity index (χ4n) is 2.11. The summed E-state index contributed by atoms with van der Waals surface area (Å²) in [6.07, 6.45) is 0.297. The number of hydrogen-bond donors (Lipinski definition) is 1. The van der Waals surface area contributed by atoms with Gasteiger partial charge in [0.15, 0.2) is 6.61 Å². The standard InChI is InChI=1S/C18H16Cl2FNO3/c19-14-6-5-13(15(20)10-14)9-18(24)25-11-17(23)22-8-7-12-3-1-2-4-16(12)21/h1-6,10H,7-9,11H2,(H,22,23). The summed E-state index contributed by atoms with van der Waals surface area (Å²) < 4.78 is 18.3. The maximum atomic E-state index is 13.4. The number of amides is 1. The Labute approximate surface area is 154 Å². The maximum Gasteiger partial charge on any atom is 0.310 e. The van der Waals surface area contributed by atoms with Gasteiger partial charge in [-0.3, -0.25) is 9.59 Å². The Bertz CT molecular complexity index is 768. The molecule has 0 atom stereocenters. The van der Waals surface area contributed by atoms with Crippen LogP contribution >= 0.6 is 23.2 Å². The molecule has 2 rings (SSSR count). The lowest BCUT2D eigenvalue weighted by molar-refractivity contribution is -0.147. The minimum atomic E-state index is -0.575. The molecule has 0 unspecified atom stereocenters. The Hall–Kier alpha value is -2.11. The molecule has 0 radical (unpaired) electrons. The van der Waals surface area contributed by atoms with Crippen LogP contribution in [0.25, 0.3) is 0 Å². The Morgan fingerprint density at radius 1 is 1.08 bits per heavy atom. The lowest BCUT2D eigenvalue weighted by atomic mass is 10.1. The number of esters is 1. The Morgan fingerprint density at radius 2 is 1.84 bits per heavy atom. The summed E-state index contributed by atoms with van der Waals surface area (Å²) in [5, 5.41) is 3.40. The molecule has 4 nitrogen and oxygen atoms in total. The first-order valence-corrected chi connectivity index (χ1v) is 8.31. The second-order valence-electron chi connectivity index (χ2n) is 5.26. The van der Waals surface area contributed by atoms with E-state index < -0.39 is 18.5 Å². The monoisotopic (exact) mass is 383 g/mol. The Morgan fingerprint density at radius 3 is 2.56 bits per heavy atom. The van der Waals surface area contributed by atoms with Crippen LogP contribution in [0, 0.1) is 5.82 Å². The molecule has 2 aromatic rings. The summed E-state index contributed by atoms with van der Waals surface area (Å²) in [4.78, 5) is 23.4. The third-order valence-electron chi connectivity index (χ3n) is 3.39. The van der Waals surface area contributed by atoms with Crippen molar-refractivity contribution in [2.75, 3.05) is 13.2 Å². The van der Waals surface area contributed by atoms with Gasteiger partial charge in [0.1, 0.15) is 5.82 Å².